The van der Waals surface area contributed by atoms with Crippen molar-refractivity contribution < 1.29 is 13.2 Å². The lowest BCUT2D eigenvalue weighted by Crippen LogP contribution is -2.47. The third-order valence-electron chi connectivity index (χ3n) is 6.70. The first kappa shape index (κ1) is 25.1. The van der Waals surface area contributed by atoms with E-state index >= 15 is 0 Å². The van der Waals surface area contributed by atoms with Crippen molar-refractivity contribution in [1.82, 2.24) is 24.4 Å². The van der Waals surface area contributed by atoms with Crippen molar-refractivity contribution in [1.29, 1.82) is 0 Å². The van der Waals surface area contributed by atoms with E-state index in [0.717, 1.165) is 33.5 Å². The molecule has 0 radical (unpaired) electrons. The van der Waals surface area contributed by atoms with E-state index in [0.29, 0.717) is 43.3 Å². The summed E-state index contributed by atoms with van der Waals surface area (Å²) in [6.07, 6.45) is 0. The van der Waals surface area contributed by atoms with Crippen LogP contribution in [0.1, 0.15) is 11.1 Å². The maximum Gasteiger partial charge on any atom is 0.247 e. The zero-order chi connectivity index (χ0) is 26.2. The molecule has 1 aliphatic heterocycles. The normalized spacial score (nSPS) is 15.1. The summed E-state index contributed by atoms with van der Waals surface area (Å²) in [5, 5.41) is 11.8. The van der Waals surface area contributed by atoms with E-state index < -0.39 is 10.0 Å². The standard InChI is InChI=1S/C27H30N6O3S/c1-18-8-9-22(36-4)17-24(18)20-14-19(2)26-25(15-20)30-31-27(29-26)28-21-6-5-7-23(16-21)37(34,35)33-12-10-32(3)11-13-33/h5-9,14-17H,10-13H2,1-4H3,(H,28,29,31). The van der Waals surface area contributed by atoms with Gasteiger partial charge in [-0.3, -0.25) is 0 Å². The largest absolute Gasteiger partial charge is 0.497 e. The minimum Gasteiger partial charge on any atom is -0.497 e. The highest BCUT2D eigenvalue weighted by atomic mass is 32.2. The smallest absolute Gasteiger partial charge is 0.247 e. The van der Waals surface area contributed by atoms with E-state index in [2.05, 4.69) is 38.4 Å². The van der Waals surface area contributed by atoms with Gasteiger partial charge in [-0.05, 0) is 85.6 Å². The molecular weight excluding hydrogens is 488 g/mol. The quantitative estimate of drug-likeness (QED) is 0.409. The molecule has 0 unspecified atom stereocenters. The Bertz CT molecular complexity index is 1570. The first-order valence-corrected chi connectivity index (χ1v) is 13.5. The van der Waals surface area contributed by atoms with Crippen molar-refractivity contribution >= 4 is 32.7 Å². The summed E-state index contributed by atoms with van der Waals surface area (Å²) in [6.45, 7) is 6.43. The number of aromatic nitrogens is 3. The van der Waals surface area contributed by atoms with Gasteiger partial charge in [-0.1, -0.05) is 12.1 Å². The Morgan fingerprint density at radius 1 is 0.919 bits per heavy atom. The molecule has 4 aromatic rings. The summed E-state index contributed by atoms with van der Waals surface area (Å²) in [6, 6.07) is 16.8. The Balaban J connectivity index is 1.42. The number of hydrogen-bond acceptors (Lipinski definition) is 8. The van der Waals surface area contributed by atoms with Crippen molar-refractivity contribution in [2.24, 2.45) is 0 Å². The number of methoxy groups -OCH3 is 1. The van der Waals surface area contributed by atoms with Crippen LogP contribution in [0.4, 0.5) is 11.6 Å². The fraction of sp³-hybridized carbons (Fsp3) is 0.296. The molecule has 0 saturated carbocycles. The van der Waals surface area contributed by atoms with Crippen molar-refractivity contribution in [3.8, 4) is 16.9 Å². The number of piperazine rings is 1. The summed E-state index contributed by atoms with van der Waals surface area (Å²) in [5.41, 5.74) is 6.14. The van der Waals surface area contributed by atoms with Crippen LogP contribution in [0.15, 0.2) is 59.5 Å². The van der Waals surface area contributed by atoms with Crippen LogP contribution in [-0.4, -0.2) is 73.1 Å². The van der Waals surface area contributed by atoms with Gasteiger partial charge in [-0.2, -0.15) is 4.31 Å². The summed E-state index contributed by atoms with van der Waals surface area (Å²) in [4.78, 5) is 7.04. The molecule has 0 amide bonds. The summed E-state index contributed by atoms with van der Waals surface area (Å²) in [5.74, 6) is 1.09. The van der Waals surface area contributed by atoms with Gasteiger partial charge in [0.2, 0.25) is 16.0 Å². The Morgan fingerprint density at radius 3 is 2.46 bits per heavy atom. The topological polar surface area (TPSA) is 101 Å². The predicted octanol–water partition coefficient (Wildman–Crippen LogP) is 4.00. The van der Waals surface area contributed by atoms with Crippen LogP contribution in [0.2, 0.25) is 0 Å². The van der Waals surface area contributed by atoms with E-state index in [4.69, 9.17) is 4.74 Å². The number of nitrogens with one attached hydrogen (secondary N) is 1. The number of sulfonamides is 1. The maximum absolute atomic E-state index is 13.2. The number of aryl methyl sites for hydroxylation is 2. The van der Waals surface area contributed by atoms with E-state index in [1.165, 1.54) is 4.31 Å². The van der Waals surface area contributed by atoms with Crippen LogP contribution >= 0.6 is 0 Å². The fourth-order valence-electron chi connectivity index (χ4n) is 4.50. The molecule has 1 N–H and O–H groups in total. The van der Waals surface area contributed by atoms with Gasteiger partial charge in [0.1, 0.15) is 11.3 Å². The molecule has 0 bridgehead atoms. The van der Waals surface area contributed by atoms with Crippen LogP contribution in [0.25, 0.3) is 22.2 Å². The predicted molar refractivity (Wildman–Crippen MR) is 145 cm³/mol. The Morgan fingerprint density at radius 2 is 1.70 bits per heavy atom. The molecular formula is C27H30N6O3S. The second-order valence-electron chi connectivity index (χ2n) is 9.34. The molecule has 0 aliphatic carbocycles. The van der Waals surface area contributed by atoms with Gasteiger partial charge in [0.25, 0.3) is 0 Å². The summed E-state index contributed by atoms with van der Waals surface area (Å²) >= 11 is 0. The van der Waals surface area contributed by atoms with Gasteiger partial charge in [0.05, 0.1) is 17.5 Å². The van der Waals surface area contributed by atoms with Crippen LogP contribution in [-0.2, 0) is 10.0 Å². The molecule has 5 rings (SSSR count). The van der Waals surface area contributed by atoms with E-state index in [1.807, 2.05) is 38.2 Å². The molecule has 1 aliphatic rings. The molecule has 37 heavy (non-hydrogen) atoms. The zero-order valence-electron chi connectivity index (χ0n) is 21.4. The van der Waals surface area contributed by atoms with Gasteiger partial charge in [0.15, 0.2) is 0 Å². The van der Waals surface area contributed by atoms with E-state index in [9.17, 15) is 8.42 Å². The fourth-order valence-corrected chi connectivity index (χ4v) is 5.97. The van der Waals surface area contributed by atoms with Crippen LogP contribution in [0, 0.1) is 13.8 Å². The molecule has 3 aromatic carbocycles. The van der Waals surface area contributed by atoms with Crippen molar-refractivity contribution in [2.75, 3.05) is 45.7 Å². The van der Waals surface area contributed by atoms with E-state index in [1.54, 1.807) is 31.4 Å². The highest BCUT2D eigenvalue weighted by Crippen LogP contribution is 2.31. The number of fused-ring (bicyclic) bond motifs is 1. The van der Waals surface area contributed by atoms with Crippen LogP contribution in [0.3, 0.4) is 0 Å². The number of anilines is 2. The Kier molecular flexibility index (Phi) is 6.80. The van der Waals surface area contributed by atoms with Gasteiger partial charge >= 0.3 is 0 Å². The van der Waals surface area contributed by atoms with Gasteiger partial charge in [-0.15, -0.1) is 10.2 Å². The summed E-state index contributed by atoms with van der Waals surface area (Å²) in [7, 11) is 0.0687. The minimum atomic E-state index is -3.58. The molecule has 9 nitrogen and oxygen atoms in total. The van der Waals surface area contributed by atoms with Gasteiger partial charge in [-0.25, -0.2) is 13.4 Å². The van der Waals surface area contributed by atoms with Crippen LogP contribution in [0.5, 0.6) is 5.75 Å². The first-order valence-electron chi connectivity index (χ1n) is 12.1. The second kappa shape index (κ2) is 10.0. The number of likely N-dealkylation sites (N-methyl/N-ethyl adjacent to an activating group) is 1. The van der Waals surface area contributed by atoms with Crippen molar-refractivity contribution in [2.45, 2.75) is 18.7 Å². The first-order chi connectivity index (χ1) is 17.7. The third-order valence-corrected chi connectivity index (χ3v) is 8.59. The molecule has 1 saturated heterocycles. The number of rotatable bonds is 6. The van der Waals surface area contributed by atoms with E-state index in [-0.39, 0.29) is 4.90 Å². The highest BCUT2D eigenvalue weighted by molar-refractivity contribution is 7.89. The zero-order valence-corrected chi connectivity index (χ0v) is 22.2. The van der Waals surface area contributed by atoms with Gasteiger partial charge in [0, 0.05) is 31.9 Å². The summed E-state index contributed by atoms with van der Waals surface area (Å²) < 4.78 is 33.3. The number of nitrogens with zero attached hydrogens (tertiary/aromatic N) is 5. The lowest BCUT2D eigenvalue weighted by Gasteiger charge is -2.31. The van der Waals surface area contributed by atoms with Crippen LogP contribution < -0.4 is 10.1 Å². The SMILES string of the molecule is COc1ccc(C)c(-c2cc(C)c3nc(Nc4cccc(S(=O)(=O)N5CCN(C)CC5)c4)nnc3c2)c1. The maximum atomic E-state index is 13.2. The van der Waals surface area contributed by atoms with Gasteiger partial charge < -0.3 is 15.0 Å². The minimum absolute atomic E-state index is 0.241. The molecule has 0 atom stereocenters. The number of benzene rings is 3. The lowest BCUT2D eigenvalue weighted by atomic mass is 9.98. The highest BCUT2D eigenvalue weighted by Gasteiger charge is 2.27. The number of hydrogen-bond donors (Lipinski definition) is 1. The molecule has 10 heteroatoms. The third kappa shape index (κ3) is 5.13. The second-order valence-corrected chi connectivity index (χ2v) is 11.3. The molecule has 1 fully saturated rings. The average Bonchev–Trinajstić information content (AvgIpc) is 2.89. The monoisotopic (exact) mass is 518 g/mol. The molecule has 192 valence electrons. The van der Waals surface area contributed by atoms with Crippen molar-refractivity contribution in [3.63, 3.8) is 0 Å². The molecule has 0 spiro atoms. The lowest BCUT2D eigenvalue weighted by molar-refractivity contribution is 0.222. The Hall–Kier alpha value is -3.60. The molecule has 1 aromatic heterocycles. The number of ether oxygens (including phenoxy) is 1. The molecule has 2 heterocycles. The van der Waals surface area contributed by atoms with Crippen molar-refractivity contribution in [3.05, 3.63) is 65.7 Å². The average molecular weight is 519 g/mol. The Labute approximate surface area is 217 Å².